The zero-order valence-electron chi connectivity index (χ0n) is 30.2. The van der Waals surface area contributed by atoms with Gasteiger partial charge in [-0.1, -0.05) is 116 Å². The van der Waals surface area contributed by atoms with Gasteiger partial charge in [0.1, 0.15) is 19.8 Å². The SMILES string of the molecule is CCCCCCCCCCCCCCCC(=O)OC[C@H](COP(=O)([O-])OCC[N+](C)(C)C)OC(=O)CCCCCCCCCC(=O)O. The number of esters is 2. The number of unbranched alkanes of at least 4 members (excludes halogenated alkanes) is 18. The number of ether oxygens (including phenoxy) is 2. The van der Waals surface area contributed by atoms with Gasteiger partial charge in [-0.2, -0.15) is 0 Å². The van der Waals surface area contributed by atoms with Crippen molar-refractivity contribution < 1.29 is 52.0 Å². The lowest BCUT2D eigenvalue weighted by Crippen LogP contribution is -2.37. The average Bonchev–Trinajstić information content (AvgIpc) is 2.99. The predicted octanol–water partition coefficient (Wildman–Crippen LogP) is 7.73. The Balaban J connectivity index is 4.41. The van der Waals surface area contributed by atoms with Crippen LogP contribution in [0.5, 0.6) is 0 Å². The van der Waals surface area contributed by atoms with Gasteiger partial charge >= 0.3 is 17.9 Å². The molecule has 0 aliphatic rings. The number of rotatable bonds is 34. The van der Waals surface area contributed by atoms with Crippen molar-refractivity contribution in [3.05, 3.63) is 0 Å². The Bertz CT molecular complexity index is 849. The summed E-state index contributed by atoms with van der Waals surface area (Å²) in [6, 6.07) is 0. The van der Waals surface area contributed by atoms with Gasteiger partial charge in [-0.05, 0) is 19.3 Å². The van der Waals surface area contributed by atoms with E-state index < -0.39 is 38.4 Å². The van der Waals surface area contributed by atoms with Crippen LogP contribution in [0.25, 0.3) is 0 Å². The molecule has 0 aromatic carbocycles. The molecule has 0 heterocycles. The first-order chi connectivity index (χ1) is 22.3. The van der Waals surface area contributed by atoms with Crippen molar-refractivity contribution >= 4 is 25.7 Å². The molecule has 0 saturated carbocycles. The van der Waals surface area contributed by atoms with Gasteiger partial charge in [0.2, 0.25) is 0 Å². The van der Waals surface area contributed by atoms with Crippen LogP contribution < -0.4 is 4.89 Å². The molecule has 1 N–H and O–H groups in total. The molecule has 0 amide bonds. The number of likely N-dealkylation sites (N-methyl/N-ethyl adjacent to an activating group) is 1. The lowest BCUT2D eigenvalue weighted by molar-refractivity contribution is -0.870. The van der Waals surface area contributed by atoms with Crippen LogP contribution in [0.4, 0.5) is 0 Å². The number of carboxylic acids is 1. The zero-order valence-corrected chi connectivity index (χ0v) is 31.1. The molecule has 11 nitrogen and oxygen atoms in total. The van der Waals surface area contributed by atoms with E-state index in [2.05, 4.69) is 6.92 Å². The van der Waals surface area contributed by atoms with Gasteiger partial charge < -0.3 is 33.0 Å². The maximum absolute atomic E-state index is 12.5. The Morgan fingerprint density at radius 2 is 1.06 bits per heavy atom. The normalized spacial score (nSPS) is 13.6. The maximum Gasteiger partial charge on any atom is 0.306 e. The van der Waals surface area contributed by atoms with Crippen LogP contribution in [0, 0.1) is 0 Å². The molecule has 0 aliphatic carbocycles. The van der Waals surface area contributed by atoms with Gasteiger partial charge in [0.05, 0.1) is 27.7 Å². The standard InChI is InChI=1S/C35H68NO10P/c1-5-6-7-8-9-10-11-12-13-14-17-20-23-26-34(39)43-30-32(31-45-47(41,42)44-29-28-36(2,3)4)46-35(40)27-24-21-18-15-16-19-22-25-33(37)38/h32H,5-31H2,1-4H3,(H-,37,38,41,42)/t32-/m1/s1. The first kappa shape index (κ1) is 45.5. The number of aliphatic carboxylic acids is 1. The zero-order chi connectivity index (χ0) is 35.2. The highest BCUT2D eigenvalue weighted by molar-refractivity contribution is 7.45. The summed E-state index contributed by atoms with van der Waals surface area (Å²) < 4.78 is 33.5. The topological polar surface area (TPSA) is 148 Å². The number of carboxylic acid groups (broad SMARTS) is 1. The number of quaternary nitrogens is 1. The monoisotopic (exact) mass is 693 g/mol. The van der Waals surface area contributed by atoms with Crippen LogP contribution in [0.1, 0.15) is 155 Å². The number of phosphoric ester groups is 1. The number of carbonyl (C=O) groups is 3. The molecule has 0 fully saturated rings. The molecule has 0 aromatic rings. The quantitative estimate of drug-likeness (QED) is 0.0307. The van der Waals surface area contributed by atoms with E-state index in [0.717, 1.165) is 44.9 Å². The lowest BCUT2D eigenvalue weighted by atomic mass is 10.0. The molecule has 0 rings (SSSR count). The molecule has 0 radical (unpaired) electrons. The van der Waals surface area contributed by atoms with Crippen molar-refractivity contribution in [3.63, 3.8) is 0 Å². The summed E-state index contributed by atoms with van der Waals surface area (Å²) in [5.74, 6) is -1.71. The van der Waals surface area contributed by atoms with Crippen molar-refractivity contribution in [2.75, 3.05) is 47.5 Å². The minimum atomic E-state index is -4.64. The Morgan fingerprint density at radius 1 is 0.638 bits per heavy atom. The predicted molar refractivity (Wildman–Crippen MR) is 183 cm³/mol. The maximum atomic E-state index is 12.5. The third-order valence-corrected chi connectivity index (χ3v) is 8.88. The Kier molecular flexibility index (Phi) is 28.5. The third kappa shape index (κ3) is 34.2. The highest BCUT2D eigenvalue weighted by atomic mass is 31.2. The Morgan fingerprint density at radius 3 is 1.51 bits per heavy atom. The molecule has 0 aromatic heterocycles. The van der Waals surface area contributed by atoms with Crippen LogP contribution in [-0.4, -0.2) is 81.1 Å². The van der Waals surface area contributed by atoms with Crippen molar-refractivity contribution in [2.45, 2.75) is 161 Å². The smallest absolute Gasteiger partial charge is 0.306 e. The van der Waals surface area contributed by atoms with Gasteiger partial charge in [0, 0.05) is 19.3 Å². The van der Waals surface area contributed by atoms with E-state index in [9.17, 15) is 23.8 Å². The van der Waals surface area contributed by atoms with E-state index in [4.69, 9.17) is 23.6 Å². The fourth-order valence-corrected chi connectivity index (χ4v) is 5.70. The van der Waals surface area contributed by atoms with Gasteiger partial charge in [-0.3, -0.25) is 18.9 Å². The minimum absolute atomic E-state index is 0.0532. The summed E-state index contributed by atoms with van der Waals surface area (Å²) in [4.78, 5) is 47.7. The molecule has 278 valence electrons. The lowest BCUT2D eigenvalue weighted by Gasteiger charge is -2.28. The second kappa shape index (κ2) is 29.4. The molecule has 12 heteroatoms. The van der Waals surface area contributed by atoms with E-state index in [1.165, 1.54) is 64.2 Å². The summed E-state index contributed by atoms with van der Waals surface area (Å²) in [5, 5.41) is 8.69. The fraction of sp³-hybridized carbons (Fsp3) is 0.914. The molecule has 0 spiro atoms. The highest BCUT2D eigenvalue weighted by Gasteiger charge is 2.21. The number of hydrogen-bond acceptors (Lipinski definition) is 9. The van der Waals surface area contributed by atoms with Gasteiger partial charge in [-0.15, -0.1) is 0 Å². The summed E-state index contributed by atoms with van der Waals surface area (Å²) in [5.41, 5.74) is 0. The van der Waals surface area contributed by atoms with Gasteiger partial charge in [0.25, 0.3) is 7.82 Å². The number of phosphoric acid groups is 1. The minimum Gasteiger partial charge on any atom is -0.756 e. The van der Waals surface area contributed by atoms with Crippen molar-refractivity contribution in [2.24, 2.45) is 0 Å². The van der Waals surface area contributed by atoms with E-state index in [1.807, 2.05) is 21.1 Å². The summed E-state index contributed by atoms with van der Waals surface area (Å²) in [6.45, 7) is 1.84. The molecule has 1 unspecified atom stereocenters. The van der Waals surface area contributed by atoms with Gasteiger partial charge in [0.15, 0.2) is 6.10 Å². The molecule has 47 heavy (non-hydrogen) atoms. The molecule has 0 bridgehead atoms. The molecular formula is C35H68NO10P. The molecular weight excluding hydrogens is 625 g/mol. The second-order valence-electron chi connectivity index (χ2n) is 13.7. The number of carbonyl (C=O) groups excluding carboxylic acids is 2. The summed E-state index contributed by atoms with van der Waals surface area (Å²) >= 11 is 0. The Hall–Kier alpha value is -1.52. The number of hydrogen-bond donors (Lipinski definition) is 1. The molecule has 0 saturated heterocycles. The van der Waals surface area contributed by atoms with E-state index in [1.54, 1.807) is 0 Å². The van der Waals surface area contributed by atoms with Crippen LogP contribution in [-0.2, 0) is 37.5 Å². The fourth-order valence-electron chi connectivity index (χ4n) is 4.97. The summed E-state index contributed by atoms with van der Waals surface area (Å²) in [6.07, 6.45) is 21.0. The van der Waals surface area contributed by atoms with Gasteiger partial charge in [-0.25, -0.2) is 0 Å². The van der Waals surface area contributed by atoms with Crippen molar-refractivity contribution in [3.8, 4) is 0 Å². The molecule has 0 aliphatic heterocycles. The first-order valence-corrected chi connectivity index (χ1v) is 19.8. The van der Waals surface area contributed by atoms with E-state index >= 15 is 0 Å². The highest BCUT2D eigenvalue weighted by Crippen LogP contribution is 2.38. The summed E-state index contributed by atoms with van der Waals surface area (Å²) in [7, 11) is 1.08. The van der Waals surface area contributed by atoms with Crippen molar-refractivity contribution in [1.29, 1.82) is 0 Å². The van der Waals surface area contributed by atoms with E-state index in [0.29, 0.717) is 30.3 Å². The second-order valence-corrected chi connectivity index (χ2v) is 15.2. The Labute approximate surface area is 285 Å². The first-order valence-electron chi connectivity index (χ1n) is 18.3. The largest absolute Gasteiger partial charge is 0.756 e. The van der Waals surface area contributed by atoms with Crippen LogP contribution >= 0.6 is 7.82 Å². The van der Waals surface area contributed by atoms with Crippen LogP contribution in [0.15, 0.2) is 0 Å². The third-order valence-electron chi connectivity index (χ3n) is 7.91. The van der Waals surface area contributed by atoms with Crippen LogP contribution in [0.2, 0.25) is 0 Å². The average molecular weight is 694 g/mol. The van der Waals surface area contributed by atoms with Crippen LogP contribution in [0.3, 0.4) is 0 Å². The molecule has 2 atom stereocenters. The number of nitrogens with zero attached hydrogens (tertiary/aromatic N) is 1. The van der Waals surface area contributed by atoms with Crippen molar-refractivity contribution in [1.82, 2.24) is 0 Å². The van der Waals surface area contributed by atoms with E-state index in [-0.39, 0.29) is 32.5 Å².